The van der Waals surface area contributed by atoms with Gasteiger partial charge in [-0.1, -0.05) is 12.1 Å². The molecule has 1 saturated heterocycles. The number of halogens is 1. The first-order valence-corrected chi connectivity index (χ1v) is 11.0. The van der Waals surface area contributed by atoms with Gasteiger partial charge in [-0.05, 0) is 29.8 Å². The van der Waals surface area contributed by atoms with Crippen molar-refractivity contribution in [2.24, 2.45) is 0 Å². The molecule has 0 saturated carbocycles. The quantitative estimate of drug-likeness (QED) is 0.688. The summed E-state index contributed by atoms with van der Waals surface area (Å²) in [6, 6.07) is 10.2. The third-order valence-corrected chi connectivity index (χ3v) is 6.24. The molecular formula is C20H19FN4OS2. The van der Waals surface area contributed by atoms with Gasteiger partial charge in [0.1, 0.15) is 22.3 Å². The van der Waals surface area contributed by atoms with Crippen LogP contribution in [-0.4, -0.2) is 40.5 Å². The number of rotatable bonds is 5. The summed E-state index contributed by atoms with van der Waals surface area (Å²) in [5.41, 5.74) is 1.96. The van der Waals surface area contributed by atoms with E-state index in [1.165, 1.54) is 23.5 Å². The van der Waals surface area contributed by atoms with Crippen LogP contribution in [0.15, 0.2) is 48.0 Å². The Balaban J connectivity index is 1.40. The number of thiazole rings is 1. The number of carbonyl (C=O) groups is 1. The van der Waals surface area contributed by atoms with E-state index in [-0.39, 0.29) is 18.3 Å². The molecule has 8 heteroatoms. The topological polar surface area (TPSA) is 58.1 Å². The van der Waals surface area contributed by atoms with Gasteiger partial charge in [-0.15, -0.1) is 11.3 Å². The van der Waals surface area contributed by atoms with E-state index < -0.39 is 0 Å². The molecule has 0 aliphatic carbocycles. The summed E-state index contributed by atoms with van der Waals surface area (Å²) in [5, 5.41) is 5.26. The molecule has 144 valence electrons. The Kier molecular flexibility index (Phi) is 5.87. The summed E-state index contributed by atoms with van der Waals surface area (Å²) >= 11 is 3.38. The zero-order valence-corrected chi connectivity index (χ0v) is 16.7. The van der Waals surface area contributed by atoms with Crippen molar-refractivity contribution in [2.45, 2.75) is 6.54 Å². The summed E-state index contributed by atoms with van der Waals surface area (Å²) in [6.07, 6.45) is 1.81. The average molecular weight is 415 g/mol. The van der Waals surface area contributed by atoms with E-state index in [0.717, 1.165) is 41.0 Å². The maximum Gasteiger partial charge on any atom is 0.271 e. The lowest BCUT2D eigenvalue weighted by Gasteiger charge is -2.27. The number of anilines is 1. The van der Waals surface area contributed by atoms with E-state index >= 15 is 0 Å². The Labute approximate surface area is 171 Å². The van der Waals surface area contributed by atoms with E-state index in [4.69, 9.17) is 0 Å². The Bertz CT molecular complexity index is 955. The van der Waals surface area contributed by atoms with Gasteiger partial charge in [0, 0.05) is 48.3 Å². The molecule has 0 radical (unpaired) electrons. The van der Waals surface area contributed by atoms with Crippen LogP contribution in [0.2, 0.25) is 0 Å². The van der Waals surface area contributed by atoms with Gasteiger partial charge in [-0.3, -0.25) is 4.79 Å². The fourth-order valence-corrected chi connectivity index (χ4v) is 4.62. The summed E-state index contributed by atoms with van der Waals surface area (Å²) < 4.78 is 13.2. The molecule has 3 aromatic rings. The van der Waals surface area contributed by atoms with Gasteiger partial charge in [-0.2, -0.15) is 11.8 Å². The standard InChI is InChI=1S/C20H19FN4OS2/c21-16-3-1-2-14(10-16)11-23-19(26)17-13-28-20(24-17)15-4-5-18(22-12-15)25-6-8-27-9-7-25/h1-5,10,12-13H,6-9,11H2,(H,23,26). The van der Waals surface area contributed by atoms with Crippen LogP contribution in [0.25, 0.3) is 10.6 Å². The average Bonchev–Trinajstić information content (AvgIpc) is 3.23. The number of benzene rings is 1. The van der Waals surface area contributed by atoms with Crippen LogP contribution < -0.4 is 10.2 Å². The minimum Gasteiger partial charge on any atom is -0.355 e. The smallest absolute Gasteiger partial charge is 0.271 e. The van der Waals surface area contributed by atoms with Gasteiger partial charge in [0.15, 0.2) is 0 Å². The molecule has 0 spiro atoms. The van der Waals surface area contributed by atoms with Crippen LogP contribution in [0.1, 0.15) is 16.1 Å². The Morgan fingerprint density at radius 1 is 1.21 bits per heavy atom. The molecule has 2 aromatic heterocycles. The number of aromatic nitrogens is 2. The molecule has 4 rings (SSSR count). The fourth-order valence-electron chi connectivity index (χ4n) is 2.92. The molecule has 5 nitrogen and oxygen atoms in total. The number of nitrogens with one attached hydrogen (secondary N) is 1. The lowest BCUT2D eigenvalue weighted by molar-refractivity contribution is 0.0946. The zero-order valence-electron chi connectivity index (χ0n) is 15.1. The summed E-state index contributed by atoms with van der Waals surface area (Å²) in [6.45, 7) is 2.29. The number of nitrogens with zero attached hydrogens (tertiary/aromatic N) is 3. The van der Waals surface area contributed by atoms with Crippen LogP contribution in [0.4, 0.5) is 10.2 Å². The highest BCUT2D eigenvalue weighted by Crippen LogP contribution is 2.25. The van der Waals surface area contributed by atoms with Crippen molar-refractivity contribution in [3.8, 4) is 10.6 Å². The van der Waals surface area contributed by atoms with Gasteiger partial charge < -0.3 is 10.2 Å². The van der Waals surface area contributed by atoms with Gasteiger partial charge in [0.05, 0.1) is 0 Å². The molecule has 1 aromatic carbocycles. The minimum absolute atomic E-state index is 0.258. The molecule has 28 heavy (non-hydrogen) atoms. The zero-order chi connectivity index (χ0) is 19.3. The molecule has 1 fully saturated rings. The monoisotopic (exact) mass is 414 g/mol. The molecule has 1 aliphatic heterocycles. The predicted octanol–water partition coefficient (Wildman–Crippen LogP) is 3.83. The lowest BCUT2D eigenvalue weighted by Crippen LogP contribution is -2.32. The number of amides is 1. The molecular weight excluding hydrogens is 395 g/mol. The summed E-state index contributed by atoms with van der Waals surface area (Å²) in [7, 11) is 0. The van der Waals surface area contributed by atoms with E-state index in [1.54, 1.807) is 17.5 Å². The van der Waals surface area contributed by atoms with Crippen molar-refractivity contribution in [3.05, 3.63) is 65.0 Å². The van der Waals surface area contributed by atoms with Crippen molar-refractivity contribution < 1.29 is 9.18 Å². The highest BCUT2D eigenvalue weighted by atomic mass is 32.2. The third-order valence-electron chi connectivity index (χ3n) is 4.41. The Morgan fingerprint density at radius 3 is 2.82 bits per heavy atom. The number of hydrogen-bond acceptors (Lipinski definition) is 6. The molecule has 1 amide bonds. The SMILES string of the molecule is O=C(NCc1cccc(F)c1)c1csc(-c2ccc(N3CCSCC3)nc2)n1. The first-order valence-electron chi connectivity index (χ1n) is 8.96. The van der Waals surface area contributed by atoms with Crippen molar-refractivity contribution in [1.82, 2.24) is 15.3 Å². The number of hydrogen-bond donors (Lipinski definition) is 1. The second-order valence-corrected chi connectivity index (χ2v) is 8.44. The summed E-state index contributed by atoms with van der Waals surface area (Å²) in [4.78, 5) is 23.6. The van der Waals surface area contributed by atoms with Crippen LogP contribution in [0.5, 0.6) is 0 Å². The van der Waals surface area contributed by atoms with Gasteiger partial charge in [-0.25, -0.2) is 14.4 Å². The lowest BCUT2D eigenvalue weighted by atomic mass is 10.2. The number of carbonyl (C=O) groups excluding carboxylic acids is 1. The van der Waals surface area contributed by atoms with E-state index in [1.807, 2.05) is 30.1 Å². The molecule has 0 unspecified atom stereocenters. The van der Waals surface area contributed by atoms with Crippen molar-refractivity contribution in [3.63, 3.8) is 0 Å². The van der Waals surface area contributed by atoms with Crippen molar-refractivity contribution in [2.75, 3.05) is 29.5 Å². The largest absolute Gasteiger partial charge is 0.355 e. The van der Waals surface area contributed by atoms with Gasteiger partial charge in [0.2, 0.25) is 0 Å². The first kappa shape index (κ1) is 18.9. The molecule has 1 N–H and O–H groups in total. The molecule has 0 bridgehead atoms. The molecule has 0 atom stereocenters. The van der Waals surface area contributed by atoms with Gasteiger partial charge in [0.25, 0.3) is 5.91 Å². The molecule has 1 aliphatic rings. The minimum atomic E-state index is -0.318. The van der Waals surface area contributed by atoms with Crippen LogP contribution >= 0.6 is 23.1 Å². The van der Waals surface area contributed by atoms with E-state index in [2.05, 4.69) is 20.2 Å². The van der Waals surface area contributed by atoms with Crippen molar-refractivity contribution in [1.29, 1.82) is 0 Å². The Morgan fingerprint density at radius 2 is 2.07 bits per heavy atom. The maximum absolute atomic E-state index is 13.2. The number of thioether (sulfide) groups is 1. The van der Waals surface area contributed by atoms with E-state index in [0.29, 0.717) is 11.3 Å². The second-order valence-electron chi connectivity index (χ2n) is 6.35. The fraction of sp³-hybridized carbons (Fsp3) is 0.250. The van der Waals surface area contributed by atoms with Crippen LogP contribution in [0, 0.1) is 5.82 Å². The van der Waals surface area contributed by atoms with E-state index in [9.17, 15) is 9.18 Å². The molecule has 3 heterocycles. The summed E-state index contributed by atoms with van der Waals surface area (Å²) in [5.74, 6) is 2.64. The highest BCUT2D eigenvalue weighted by Gasteiger charge is 2.14. The number of pyridine rings is 1. The highest BCUT2D eigenvalue weighted by molar-refractivity contribution is 7.99. The Hall–Kier alpha value is -2.45. The van der Waals surface area contributed by atoms with Gasteiger partial charge >= 0.3 is 0 Å². The second kappa shape index (κ2) is 8.70. The third kappa shape index (κ3) is 4.51. The van der Waals surface area contributed by atoms with Crippen molar-refractivity contribution >= 4 is 34.8 Å². The predicted molar refractivity (Wildman–Crippen MR) is 112 cm³/mol. The van der Waals surface area contributed by atoms with Crippen LogP contribution in [-0.2, 0) is 6.54 Å². The van der Waals surface area contributed by atoms with Crippen LogP contribution in [0.3, 0.4) is 0 Å². The first-order chi connectivity index (χ1) is 13.7. The maximum atomic E-state index is 13.2. The normalized spacial score (nSPS) is 14.1.